The van der Waals surface area contributed by atoms with Crippen molar-refractivity contribution in [2.24, 2.45) is 0 Å². The van der Waals surface area contributed by atoms with Gasteiger partial charge in [-0.1, -0.05) is 29.8 Å². The summed E-state index contributed by atoms with van der Waals surface area (Å²) < 4.78 is 11.9. The minimum absolute atomic E-state index is 0.0559. The van der Waals surface area contributed by atoms with Gasteiger partial charge in [0.25, 0.3) is 5.91 Å². The largest absolute Gasteiger partial charge is 0.444 e. The van der Waals surface area contributed by atoms with Crippen LogP contribution in [0.5, 0.6) is 0 Å². The molecule has 3 heterocycles. The van der Waals surface area contributed by atoms with E-state index in [4.69, 9.17) is 9.47 Å². The molecule has 240 valence electrons. The highest BCUT2D eigenvalue weighted by molar-refractivity contribution is 6.01. The molecule has 0 spiro atoms. The maximum absolute atomic E-state index is 13.7. The number of carbonyl (C=O) groups is 3. The number of ether oxygens (including phenoxy) is 2. The zero-order chi connectivity index (χ0) is 31.7. The van der Waals surface area contributed by atoms with E-state index in [9.17, 15) is 14.4 Å². The Morgan fingerprint density at radius 2 is 1.64 bits per heavy atom. The number of rotatable bonds is 10. The van der Waals surface area contributed by atoms with Crippen LogP contribution in [0.1, 0.15) is 62.5 Å². The second-order valence-electron chi connectivity index (χ2n) is 12.7. The van der Waals surface area contributed by atoms with Gasteiger partial charge in [0, 0.05) is 51.0 Å². The lowest BCUT2D eigenvalue weighted by molar-refractivity contribution is -0.123. The lowest BCUT2D eigenvalue weighted by Gasteiger charge is -2.37. The number of piperidine rings is 2. The maximum Gasteiger partial charge on any atom is 0.412 e. The van der Waals surface area contributed by atoms with Gasteiger partial charge < -0.3 is 25.0 Å². The quantitative estimate of drug-likeness (QED) is 0.348. The lowest BCUT2D eigenvalue weighted by Crippen LogP contribution is -2.46. The summed E-state index contributed by atoms with van der Waals surface area (Å²) in [5, 5.41) is 8.73. The molecule has 2 aliphatic rings. The number of pyridine rings is 1. The molecule has 1 aromatic heterocycles. The van der Waals surface area contributed by atoms with Crippen molar-refractivity contribution in [3.05, 3.63) is 47.8 Å². The van der Waals surface area contributed by atoms with Crippen molar-refractivity contribution in [2.75, 3.05) is 58.2 Å². The molecule has 3 N–H and O–H groups in total. The molecule has 0 bridgehead atoms. The highest BCUT2D eigenvalue weighted by Gasteiger charge is 2.30. The van der Waals surface area contributed by atoms with E-state index in [-0.39, 0.29) is 29.7 Å². The number of aromatic nitrogens is 1. The van der Waals surface area contributed by atoms with Crippen molar-refractivity contribution < 1.29 is 23.9 Å². The maximum atomic E-state index is 13.7. The standard InChI is InChI=1S/C33H48N6O5/c1-23-7-6-8-24(19-23)25-20-28(37-32(42)44-33(2,3)4)30(36-21-25)31(41)39-17-11-27(12-18-39)43-26-9-15-38(16-10-26)22-29(40)35-14-13-34-5/h6-8,19-21,26-27,34H,9-18,22H2,1-5H3,(H,35,40)(H,37,42). The third-order valence-corrected chi connectivity index (χ3v) is 7.79. The first-order valence-corrected chi connectivity index (χ1v) is 15.7. The Bertz CT molecular complexity index is 1280. The highest BCUT2D eigenvalue weighted by Crippen LogP contribution is 2.28. The van der Waals surface area contributed by atoms with Crippen LogP contribution in [0.2, 0.25) is 0 Å². The van der Waals surface area contributed by atoms with E-state index in [2.05, 4.69) is 25.8 Å². The number of amides is 3. The van der Waals surface area contributed by atoms with Crippen LogP contribution in [0.15, 0.2) is 36.5 Å². The molecule has 0 atom stereocenters. The van der Waals surface area contributed by atoms with Crippen molar-refractivity contribution in [1.82, 2.24) is 25.4 Å². The summed E-state index contributed by atoms with van der Waals surface area (Å²) in [5.74, 6) is -0.174. The molecule has 2 saturated heterocycles. The van der Waals surface area contributed by atoms with Gasteiger partial charge in [-0.3, -0.25) is 19.8 Å². The Balaban J connectivity index is 1.33. The average Bonchev–Trinajstić information content (AvgIpc) is 2.97. The molecule has 4 rings (SSSR count). The van der Waals surface area contributed by atoms with E-state index < -0.39 is 11.7 Å². The number of hydrogen-bond donors (Lipinski definition) is 3. The predicted molar refractivity (Wildman–Crippen MR) is 171 cm³/mol. The third kappa shape index (κ3) is 10.0. The van der Waals surface area contributed by atoms with Gasteiger partial charge in [0.2, 0.25) is 5.91 Å². The molecule has 2 aliphatic heterocycles. The second-order valence-corrected chi connectivity index (χ2v) is 12.7. The van der Waals surface area contributed by atoms with E-state index in [1.54, 1.807) is 37.9 Å². The Labute approximate surface area is 261 Å². The molecular formula is C33H48N6O5. The van der Waals surface area contributed by atoms with Gasteiger partial charge in [0.05, 0.1) is 24.4 Å². The Morgan fingerprint density at radius 1 is 0.955 bits per heavy atom. The number of likely N-dealkylation sites (N-methyl/N-ethyl adjacent to an activating group) is 1. The third-order valence-electron chi connectivity index (χ3n) is 7.79. The van der Waals surface area contributed by atoms with Gasteiger partial charge in [0.15, 0.2) is 5.69 Å². The lowest BCUT2D eigenvalue weighted by atomic mass is 10.0. The molecule has 0 unspecified atom stereocenters. The van der Waals surface area contributed by atoms with Crippen LogP contribution in [0.25, 0.3) is 11.1 Å². The molecular weight excluding hydrogens is 560 g/mol. The molecule has 11 nitrogen and oxygen atoms in total. The highest BCUT2D eigenvalue weighted by atomic mass is 16.6. The van der Waals surface area contributed by atoms with Crippen LogP contribution in [-0.2, 0) is 14.3 Å². The smallest absolute Gasteiger partial charge is 0.412 e. The molecule has 2 aromatic rings. The van der Waals surface area contributed by atoms with Crippen LogP contribution in [0, 0.1) is 6.92 Å². The predicted octanol–water partition coefficient (Wildman–Crippen LogP) is 3.83. The van der Waals surface area contributed by atoms with Crippen molar-refractivity contribution in [2.45, 2.75) is 71.2 Å². The number of likely N-dealkylation sites (tertiary alicyclic amines) is 2. The van der Waals surface area contributed by atoms with Gasteiger partial charge in [0.1, 0.15) is 5.60 Å². The van der Waals surface area contributed by atoms with Gasteiger partial charge in [-0.15, -0.1) is 0 Å². The molecule has 0 radical (unpaired) electrons. The fourth-order valence-electron chi connectivity index (χ4n) is 5.53. The summed E-state index contributed by atoms with van der Waals surface area (Å²) >= 11 is 0. The Kier molecular flexibility index (Phi) is 11.7. The fraction of sp³-hybridized carbons (Fsp3) is 0.576. The topological polar surface area (TPSA) is 125 Å². The van der Waals surface area contributed by atoms with E-state index in [0.717, 1.165) is 62.0 Å². The monoisotopic (exact) mass is 608 g/mol. The number of benzene rings is 1. The van der Waals surface area contributed by atoms with Crippen LogP contribution in [-0.4, -0.2) is 103 Å². The summed E-state index contributed by atoms with van der Waals surface area (Å²) in [4.78, 5) is 47.0. The summed E-state index contributed by atoms with van der Waals surface area (Å²) in [7, 11) is 1.86. The summed E-state index contributed by atoms with van der Waals surface area (Å²) in [5.41, 5.74) is 2.67. The van der Waals surface area contributed by atoms with E-state index in [0.29, 0.717) is 31.9 Å². The number of aryl methyl sites for hydroxylation is 1. The zero-order valence-corrected chi connectivity index (χ0v) is 26.8. The molecule has 0 aliphatic carbocycles. The SMILES string of the molecule is CNCCNC(=O)CN1CCC(OC2CCN(C(=O)c3ncc(-c4cccc(C)c4)cc3NC(=O)OC(C)(C)C)CC2)CC1. The fourth-order valence-corrected chi connectivity index (χ4v) is 5.53. The van der Waals surface area contributed by atoms with Gasteiger partial charge >= 0.3 is 6.09 Å². The number of carbonyl (C=O) groups excluding carboxylic acids is 3. The number of anilines is 1. The van der Waals surface area contributed by atoms with E-state index >= 15 is 0 Å². The molecule has 2 fully saturated rings. The second kappa shape index (κ2) is 15.5. The molecule has 0 saturated carbocycles. The Morgan fingerprint density at radius 3 is 2.27 bits per heavy atom. The zero-order valence-electron chi connectivity index (χ0n) is 26.8. The normalized spacial score (nSPS) is 16.9. The number of nitrogens with zero attached hydrogens (tertiary/aromatic N) is 3. The van der Waals surface area contributed by atoms with Crippen LogP contribution < -0.4 is 16.0 Å². The first-order valence-electron chi connectivity index (χ1n) is 15.7. The van der Waals surface area contributed by atoms with Gasteiger partial charge in [-0.2, -0.15) is 0 Å². The van der Waals surface area contributed by atoms with Crippen LogP contribution in [0.3, 0.4) is 0 Å². The first kappa shape index (κ1) is 33.4. The molecule has 44 heavy (non-hydrogen) atoms. The van der Waals surface area contributed by atoms with Crippen molar-refractivity contribution in [3.8, 4) is 11.1 Å². The van der Waals surface area contributed by atoms with Gasteiger partial charge in [-0.05, 0) is 72.1 Å². The summed E-state index contributed by atoms with van der Waals surface area (Å²) in [6.45, 7) is 12.0. The van der Waals surface area contributed by atoms with Crippen molar-refractivity contribution >= 4 is 23.6 Å². The molecule has 3 amide bonds. The van der Waals surface area contributed by atoms with Crippen molar-refractivity contribution in [3.63, 3.8) is 0 Å². The van der Waals surface area contributed by atoms with Crippen LogP contribution >= 0.6 is 0 Å². The van der Waals surface area contributed by atoms with E-state index in [1.807, 2.05) is 38.2 Å². The van der Waals surface area contributed by atoms with Gasteiger partial charge in [-0.25, -0.2) is 9.78 Å². The Hall–Kier alpha value is -3.54. The molecule has 1 aromatic carbocycles. The minimum atomic E-state index is -0.685. The summed E-state index contributed by atoms with van der Waals surface area (Å²) in [6, 6.07) is 9.77. The number of nitrogens with one attached hydrogen (secondary N) is 3. The van der Waals surface area contributed by atoms with Crippen molar-refractivity contribution in [1.29, 1.82) is 0 Å². The minimum Gasteiger partial charge on any atom is -0.444 e. The number of hydrogen-bond acceptors (Lipinski definition) is 8. The molecule has 11 heteroatoms. The summed E-state index contributed by atoms with van der Waals surface area (Å²) in [6.07, 6.45) is 4.52. The average molecular weight is 609 g/mol. The first-order chi connectivity index (χ1) is 21.0. The van der Waals surface area contributed by atoms with Crippen LogP contribution in [0.4, 0.5) is 10.5 Å². The van der Waals surface area contributed by atoms with E-state index in [1.165, 1.54) is 0 Å².